The van der Waals surface area contributed by atoms with Crippen LogP contribution in [0.3, 0.4) is 0 Å². The van der Waals surface area contributed by atoms with E-state index in [0.717, 1.165) is 0 Å². The zero-order chi connectivity index (χ0) is 17.9. The van der Waals surface area contributed by atoms with Gasteiger partial charge < -0.3 is 15.5 Å². The van der Waals surface area contributed by atoms with Crippen LogP contribution in [0.1, 0.15) is 12.0 Å². The third-order valence-electron chi connectivity index (χ3n) is 3.30. The SMILES string of the molecule is Cc1c(NC(=O)NC[C@H]2CC(C(F)(F)F)=NO2)cccc1[N+](=O)[O-]. The molecular formula is C13H13F3N4O4. The van der Waals surface area contributed by atoms with Gasteiger partial charge in [0.05, 0.1) is 22.7 Å². The van der Waals surface area contributed by atoms with Crippen molar-refractivity contribution in [2.45, 2.75) is 25.6 Å². The highest BCUT2D eigenvalue weighted by molar-refractivity contribution is 5.92. The number of nitro groups is 1. The van der Waals surface area contributed by atoms with Gasteiger partial charge in [-0.1, -0.05) is 11.2 Å². The Bertz CT molecular complexity index is 690. The number of nitro benzene ring substituents is 1. The van der Waals surface area contributed by atoms with Crippen LogP contribution in [-0.2, 0) is 4.84 Å². The number of carbonyl (C=O) groups is 1. The van der Waals surface area contributed by atoms with Gasteiger partial charge in [-0.3, -0.25) is 10.1 Å². The molecule has 8 nitrogen and oxygen atoms in total. The summed E-state index contributed by atoms with van der Waals surface area (Å²) in [4.78, 5) is 26.6. The van der Waals surface area contributed by atoms with Gasteiger partial charge in [0.25, 0.3) is 5.69 Å². The summed E-state index contributed by atoms with van der Waals surface area (Å²) in [7, 11) is 0. The van der Waals surface area contributed by atoms with Crippen molar-refractivity contribution in [3.05, 3.63) is 33.9 Å². The molecule has 1 aliphatic heterocycles. The number of alkyl halides is 3. The molecule has 0 fully saturated rings. The second kappa shape index (κ2) is 6.72. The molecule has 0 saturated carbocycles. The molecule has 0 spiro atoms. The van der Waals surface area contributed by atoms with Crippen molar-refractivity contribution in [2.24, 2.45) is 5.16 Å². The minimum absolute atomic E-state index is 0.157. The number of rotatable bonds is 4. The molecule has 1 aliphatic rings. The number of nitrogens with one attached hydrogen (secondary N) is 2. The highest BCUT2D eigenvalue weighted by atomic mass is 19.4. The highest BCUT2D eigenvalue weighted by Crippen LogP contribution is 2.26. The first-order chi connectivity index (χ1) is 11.2. The molecule has 0 saturated heterocycles. The Morgan fingerprint density at radius 2 is 2.21 bits per heavy atom. The fourth-order valence-electron chi connectivity index (χ4n) is 2.03. The molecule has 0 radical (unpaired) electrons. The van der Waals surface area contributed by atoms with Gasteiger partial charge in [0.2, 0.25) is 0 Å². The zero-order valence-electron chi connectivity index (χ0n) is 12.4. The van der Waals surface area contributed by atoms with Gasteiger partial charge in [0.15, 0.2) is 11.8 Å². The van der Waals surface area contributed by atoms with Crippen LogP contribution in [0.4, 0.5) is 29.3 Å². The number of benzene rings is 1. The summed E-state index contributed by atoms with van der Waals surface area (Å²) in [5, 5.41) is 18.5. The van der Waals surface area contributed by atoms with Gasteiger partial charge in [-0.15, -0.1) is 0 Å². The minimum Gasteiger partial charge on any atom is -0.390 e. The van der Waals surface area contributed by atoms with Crippen molar-refractivity contribution >= 4 is 23.1 Å². The molecule has 1 aromatic carbocycles. The molecule has 0 unspecified atom stereocenters. The summed E-state index contributed by atoms with van der Waals surface area (Å²) in [6.45, 7) is 1.28. The summed E-state index contributed by atoms with van der Waals surface area (Å²) in [5.74, 6) is 0. The molecule has 1 heterocycles. The van der Waals surface area contributed by atoms with Crippen molar-refractivity contribution in [1.82, 2.24) is 5.32 Å². The molecule has 2 rings (SSSR count). The van der Waals surface area contributed by atoms with Crippen LogP contribution in [0, 0.1) is 17.0 Å². The zero-order valence-corrected chi connectivity index (χ0v) is 12.4. The van der Waals surface area contributed by atoms with Crippen LogP contribution < -0.4 is 10.6 Å². The molecular weight excluding hydrogens is 333 g/mol. The average molecular weight is 346 g/mol. The molecule has 2 amide bonds. The number of oxime groups is 1. The van der Waals surface area contributed by atoms with E-state index in [9.17, 15) is 28.1 Å². The van der Waals surface area contributed by atoms with Crippen LogP contribution in [0.15, 0.2) is 23.4 Å². The first-order valence-electron chi connectivity index (χ1n) is 6.77. The van der Waals surface area contributed by atoms with Crippen molar-refractivity contribution in [1.29, 1.82) is 0 Å². The van der Waals surface area contributed by atoms with E-state index in [-0.39, 0.29) is 23.5 Å². The number of halogens is 3. The molecule has 130 valence electrons. The van der Waals surface area contributed by atoms with Crippen LogP contribution in [-0.4, -0.2) is 35.5 Å². The lowest BCUT2D eigenvalue weighted by atomic mass is 10.1. The first kappa shape index (κ1) is 17.5. The van der Waals surface area contributed by atoms with Crippen LogP contribution >= 0.6 is 0 Å². The fraction of sp³-hybridized carbons (Fsp3) is 0.385. The Labute approximate surface area is 133 Å². The lowest BCUT2D eigenvalue weighted by molar-refractivity contribution is -0.385. The van der Waals surface area contributed by atoms with Crippen LogP contribution in [0.25, 0.3) is 0 Å². The molecule has 0 aliphatic carbocycles. The summed E-state index contributed by atoms with van der Waals surface area (Å²) >= 11 is 0. The average Bonchev–Trinajstić information content (AvgIpc) is 2.96. The predicted molar refractivity (Wildman–Crippen MR) is 77.8 cm³/mol. The first-order valence-corrected chi connectivity index (χ1v) is 6.77. The van der Waals surface area contributed by atoms with E-state index in [1.165, 1.54) is 25.1 Å². The third kappa shape index (κ3) is 4.12. The summed E-state index contributed by atoms with van der Waals surface area (Å²) in [5.41, 5.74) is -0.710. The van der Waals surface area contributed by atoms with E-state index in [1.54, 1.807) is 0 Å². The van der Waals surface area contributed by atoms with Gasteiger partial charge in [-0.25, -0.2) is 4.79 Å². The maximum atomic E-state index is 12.4. The molecule has 1 aromatic rings. The van der Waals surface area contributed by atoms with E-state index in [2.05, 4.69) is 20.6 Å². The Morgan fingerprint density at radius 1 is 1.50 bits per heavy atom. The molecule has 0 bridgehead atoms. The molecule has 0 aromatic heterocycles. The molecule has 24 heavy (non-hydrogen) atoms. The van der Waals surface area contributed by atoms with Crippen LogP contribution in [0.2, 0.25) is 0 Å². The largest absolute Gasteiger partial charge is 0.432 e. The number of hydrogen-bond donors (Lipinski definition) is 2. The lowest BCUT2D eigenvalue weighted by Crippen LogP contribution is -2.36. The number of carbonyl (C=O) groups excluding carboxylic acids is 1. The van der Waals surface area contributed by atoms with Crippen molar-refractivity contribution in [2.75, 3.05) is 11.9 Å². The van der Waals surface area contributed by atoms with E-state index in [0.29, 0.717) is 0 Å². The van der Waals surface area contributed by atoms with Crippen molar-refractivity contribution in [3.63, 3.8) is 0 Å². The smallest absolute Gasteiger partial charge is 0.390 e. The standard InChI is InChI=1S/C13H13F3N4O4/c1-7-9(3-2-4-10(7)20(22)23)18-12(21)17-6-8-5-11(19-24-8)13(14,15)16/h2-4,8H,5-6H2,1H3,(H2,17,18,21)/t8-/m1/s1. The second-order valence-electron chi connectivity index (χ2n) is 5.01. The topological polar surface area (TPSA) is 106 Å². The van der Waals surface area contributed by atoms with Crippen molar-refractivity contribution in [3.8, 4) is 0 Å². The van der Waals surface area contributed by atoms with Crippen LogP contribution in [0.5, 0.6) is 0 Å². The quantitative estimate of drug-likeness (QED) is 0.646. The molecule has 2 N–H and O–H groups in total. The summed E-state index contributed by atoms with van der Waals surface area (Å²) < 4.78 is 37.2. The van der Waals surface area contributed by atoms with Gasteiger partial charge in [-0.2, -0.15) is 13.2 Å². The van der Waals surface area contributed by atoms with E-state index < -0.39 is 35.4 Å². The number of hydrogen-bond acceptors (Lipinski definition) is 5. The third-order valence-corrected chi connectivity index (χ3v) is 3.30. The van der Waals surface area contributed by atoms with Gasteiger partial charge in [-0.05, 0) is 13.0 Å². The summed E-state index contributed by atoms with van der Waals surface area (Å²) in [6.07, 6.45) is -5.94. The van der Waals surface area contributed by atoms with Gasteiger partial charge in [0, 0.05) is 12.5 Å². The van der Waals surface area contributed by atoms with E-state index in [4.69, 9.17) is 0 Å². The van der Waals surface area contributed by atoms with Gasteiger partial charge >= 0.3 is 12.2 Å². The minimum atomic E-state index is -4.56. The number of anilines is 1. The van der Waals surface area contributed by atoms with Gasteiger partial charge in [0.1, 0.15) is 0 Å². The highest BCUT2D eigenvalue weighted by Gasteiger charge is 2.41. The Kier molecular flexibility index (Phi) is 4.90. The number of urea groups is 1. The number of nitrogens with zero attached hydrogens (tertiary/aromatic N) is 2. The maximum absolute atomic E-state index is 12.4. The Hall–Kier alpha value is -2.85. The Morgan fingerprint density at radius 3 is 2.79 bits per heavy atom. The fourth-order valence-corrected chi connectivity index (χ4v) is 2.03. The monoisotopic (exact) mass is 346 g/mol. The van der Waals surface area contributed by atoms with Crippen molar-refractivity contribution < 1.29 is 27.7 Å². The normalized spacial score (nSPS) is 17.0. The maximum Gasteiger partial charge on any atom is 0.432 e. The summed E-state index contributed by atoms with van der Waals surface area (Å²) in [6, 6.07) is 3.45. The molecule has 11 heteroatoms. The van der Waals surface area contributed by atoms with E-state index >= 15 is 0 Å². The predicted octanol–water partition coefficient (Wildman–Crippen LogP) is 2.73. The number of amides is 2. The molecule has 1 atom stereocenters. The lowest BCUT2D eigenvalue weighted by Gasteiger charge is -2.12. The van der Waals surface area contributed by atoms with E-state index in [1.807, 2.05) is 0 Å². The Balaban J connectivity index is 1.87. The second-order valence-corrected chi connectivity index (χ2v) is 5.01.